The predicted octanol–water partition coefficient (Wildman–Crippen LogP) is 2.61. The van der Waals surface area contributed by atoms with Gasteiger partial charge >= 0.3 is 12.0 Å². The highest BCUT2D eigenvalue weighted by atomic mass is 16.4. The maximum atomic E-state index is 12.2. The van der Waals surface area contributed by atoms with E-state index in [0.717, 1.165) is 18.8 Å². The van der Waals surface area contributed by atoms with E-state index in [1.165, 1.54) is 0 Å². The summed E-state index contributed by atoms with van der Waals surface area (Å²) in [4.78, 5) is 39.7. The smallest absolute Gasteiger partial charge is 0.326 e. The minimum absolute atomic E-state index is 0.0130. The Morgan fingerprint density at radius 1 is 1.03 bits per heavy atom. The molecule has 0 aromatic heterocycles. The summed E-state index contributed by atoms with van der Waals surface area (Å²) in [7, 11) is 0. The van der Waals surface area contributed by atoms with E-state index in [4.69, 9.17) is 0 Å². The third-order valence-electron chi connectivity index (χ3n) is 5.34. The molecule has 0 bridgehead atoms. The molecule has 1 aliphatic heterocycles. The molecule has 2 rings (SSSR count). The van der Waals surface area contributed by atoms with Gasteiger partial charge in [-0.25, -0.2) is 9.59 Å². The Morgan fingerprint density at radius 2 is 1.62 bits per heavy atom. The van der Waals surface area contributed by atoms with E-state index < -0.39 is 18.0 Å². The van der Waals surface area contributed by atoms with Crippen LogP contribution in [0.5, 0.6) is 0 Å². The van der Waals surface area contributed by atoms with Crippen molar-refractivity contribution < 1.29 is 19.5 Å². The fourth-order valence-corrected chi connectivity index (χ4v) is 3.30. The minimum Gasteiger partial charge on any atom is -0.480 e. The van der Waals surface area contributed by atoms with Gasteiger partial charge in [0.05, 0.1) is 0 Å². The highest BCUT2D eigenvalue weighted by Gasteiger charge is 2.25. The summed E-state index contributed by atoms with van der Waals surface area (Å²) in [6.07, 6.45) is 0.655. The number of carbonyl (C=O) groups excluding carboxylic acids is 2. The van der Waals surface area contributed by atoms with Crippen LogP contribution in [0.1, 0.15) is 34.1 Å². The van der Waals surface area contributed by atoms with E-state index in [9.17, 15) is 19.5 Å². The number of hydrogen-bond acceptors (Lipinski definition) is 4. The van der Waals surface area contributed by atoms with Crippen LogP contribution in [0.4, 0.5) is 16.2 Å². The molecule has 2 unspecified atom stereocenters. The van der Waals surface area contributed by atoms with Gasteiger partial charge in [0.2, 0.25) is 5.91 Å². The van der Waals surface area contributed by atoms with E-state index in [2.05, 4.69) is 15.5 Å². The molecule has 1 heterocycles. The molecule has 3 amide bonds. The number of piperazine rings is 1. The van der Waals surface area contributed by atoms with Gasteiger partial charge in [0.1, 0.15) is 6.04 Å². The molecule has 1 fully saturated rings. The minimum atomic E-state index is -1.04. The number of anilines is 2. The first-order valence-corrected chi connectivity index (χ1v) is 10.2. The van der Waals surface area contributed by atoms with Gasteiger partial charge in [0.25, 0.3) is 0 Å². The summed E-state index contributed by atoms with van der Waals surface area (Å²) in [5.41, 5.74) is 1.61. The van der Waals surface area contributed by atoms with Gasteiger partial charge in [-0.3, -0.25) is 4.79 Å². The second-order valence-corrected chi connectivity index (χ2v) is 7.81. The molecule has 2 atom stereocenters. The number of benzene rings is 1. The molecule has 0 radical (unpaired) electrons. The van der Waals surface area contributed by atoms with Crippen LogP contribution in [-0.4, -0.2) is 60.1 Å². The van der Waals surface area contributed by atoms with Crippen molar-refractivity contribution in [3.8, 4) is 0 Å². The van der Waals surface area contributed by atoms with Crippen LogP contribution in [0.25, 0.3) is 0 Å². The molecule has 1 saturated heterocycles. The summed E-state index contributed by atoms with van der Waals surface area (Å²) in [5.74, 6) is -1.01. The van der Waals surface area contributed by atoms with E-state index in [-0.39, 0.29) is 17.7 Å². The summed E-state index contributed by atoms with van der Waals surface area (Å²) in [6, 6.07) is 5.95. The fraction of sp³-hybridized carbons (Fsp3) is 0.571. The number of carboxylic acid groups (broad SMARTS) is 1. The molecular formula is C21H32N4O4. The number of nitrogens with one attached hydrogen (secondary N) is 2. The van der Waals surface area contributed by atoms with Crippen LogP contribution >= 0.6 is 0 Å². The van der Waals surface area contributed by atoms with Crippen LogP contribution in [0.15, 0.2) is 24.3 Å². The number of rotatable bonds is 7. The maximum absolute atomic E-state index is 12.2. The first-order valence-electron chi connectivity index (χ1n) is 10.2. The number of carboxylic acids is 1. The Morgan fingerprint density at radius 3 is 2.10 bits per heavy atom. The molecule has 160 valence electrons. The van der Waals surface area contributed by atoms with Crippen LogP contribution in [-0.2, 0) is 9.59 Å². The molecule has 1 aliphatic rings. The summed E-state index contributed by atoms with van der Waals surface area (Å²) >= 11 is 0. The van der Waals surface area contributed by atoms with Gasteiger partial charge in [-0.2, -0.15) is 0 Å². The lowest BCUT2D eigenvalue weighted by atomic mass is 9.99. The largest absolute Gasteiger partial charge is 0.480 e. The molecule has 0 aliphatic carbocycles. The predicted molar refractivity (Wildman–Crippen MR) is 113 cm³/mol. The molecule has 1 aromatic carbocycles. The van der Waals surface area contributed by atoms with E-state index >= 15 is 0 Å². The van der Waals surface area contributed by atoms with Crippen LogP contribution in [0.3, 0.4) is 0 Å². The summed E-state index contributed by atoms with van der Waals surface area (Å²) < 4.78 is 0. The van der Waals surface area contributed by atoms with Gasteiger partial charge < -0.3 is 25.5 Å². The Balaban J connectivity index is 1.90. The highest BCUT2D eigenvalue weighted by Crippen LogP contribution is 2.20. The van der Waals surface area contributed by atoms with Gasteiger partial charge in [0.15, 0.2) is 0 Å². The van der Waals surface area contributed by atoms with Gasteiger partial charge in [-0.15, -0.1) is 0 Å². The SMILES string of the molecule is CCC(C)C(NC(=O)Nc1ccc(N2CCN(C(=O)C(C)C)CC2)cc1)C(=O)O. The molecule has 1 aromatic rings. The average Bonchev–Trinajstić information content (AvgIpc) is 2.71. The number of hydrogen-bond donors (Lipinski definition) is 3. The molecule has 3 N–H and O–H groups in total. The molecular weight excluding hydrogens is 372 g/mol. The van der Waals surface area contributed by atoms with Crippen molar-refractivity contribution in [2.24, 2.45) is 11.8 Å². The van der Waals surface area contributed by atoms with Crippen molar-refractivity contribution in [1.82, 2.24) is 10.2 Å². The van der Waals surface area contributed by atoms with Crippen molar-refractivity contribution >= 4 is 29.3 Å². The Kier molecular flexibility index (Phi) is 7.87. The molecule has 29 heavy (non-hydrogen) atoms. The summed E-state index contributed by atoms with van der Waals surface area (Å²) in [6.45, 7) is 10.4. The zero-order chi connectivity index (χ0) is 21.6. The van der Waals surface area contributed by atoms with Crippen molar-refractivity contribution in [3.05, 3.63) is 24.3 Å². The third-order valence-corrected chi connectivity index (χ3v) is 5.34. The standard InChI is InChI=1S/C21H32N4O4/c1-5-15(4)18(20(27)28)23-21(29)22-16-6-8-17(9-7-16)24-10-12-25(13-11-24)19(26)14(2)3/h6-9,14-15,18H,5,10-13H2,1-4H3,(H,27,28)(H2,22,23,29). The highest BCUT2D eigenvalue weighted by molar-refractivity contribution is 5.92. The Hall–Kier alpha value is -2.77. The summed E-state index contributed by atoms with van der Waals surface area (Å²) in [5, 5.41) is 14.5. The van der Waals surface area contributed by atoms with Crippen molar-refractivity contribution in [1.29, 1.82) is 0 Å². The lowest BCUT2D eigenvalue weighted by Crippen LogP contribution is -2.49. The molecule has 0 saturated carbocycles. The van der Waals surface area contributed by atoms with Crippen molar-refractivity contribution in [3.63, 3.8) is 0 Å². The Bertz CT molecular complexity index is 712. The zero-order valence-corrected chi connectivity index (χ0v) is 17.6. The lowest BCUT2D eigenvalue weighted by Gasteiger charge is -2.37. The van der Waals surface area contributed by atoms with E-state index in [0.29, 0.717) is 25.2 Å². The number of urea groups is 1. The first kappa shape index (κ1) is 22.5. The van der Waals surface area contributed by atoms with Gasteiger partial charge in [-0.1, -0.05) is 34.1 Å². The quantitative estimate of drug-likeness (QED) is 0.648. The number of carbonyl (C=O) groups is 3. The second kappa shape index (κ2) is 10.1. The molecule has 8 heteroatoms. The second-order valence-electron chi connectivity index (χ2n) is 7.81. The van der Waals surface area contributed by atoms with Crippen molar-refractivity contribution in [2.75, 3.05) is 36.4 Å². The molecule has 0 spiro atoms. The molecule has 8 nitrogen and oxygen atoms in total. The zero-order valence-electron chi connectivity index (χ0n) is 17.6. The maximum Gasteiger partial charge on any atom is 0.326 e. The third kappa shape index (κ3) is 6.10. The Labute approximate surface area is 172 Å². The van der Waals surface area contributed by atoms with E-state index in [1.807, 2.05) is 37.8 Å². The van der Waals surface area contributed by atoms with Gasteiger partial charge in [-0.05, 0) is 30.2 Å². The van der Waals surface area contributed by atoms with E-state index in [1.54, 1.807) is 19.1 Å². The number of amides is 3. The van der Waals surface area contributed by atoms with Crippen molar-refractivity contribution in [2.45, 2.75) is 40.2 Å². The topological polar surface area (TPSA) is 102 Å². The lowest BCUT2D eigenvalue weighted by molar-refractivity contribution is -0.140. The number of aliphatic carboxylic acids is 1. The van der Waals surface area contributed by atoms with Gasteiger partial charge in [0, 0.05) is 43.5 Å². The van der Waals surface area contributed by atoms with Crippen LogP contribution < -0.4 is 15.5 Å². The normalized spacial score (nSPS) is 16.3. The monoisotopic (exact) mass is 404 g/mol. The first-order chi connectivity index (χ1) is 13.7. The fourth-order valence-electron chi connectivity index (χ4n) is 3.30. The number of nitrogens with zero attached hydrogens (tertiary/aromatic N) is 2. The van der Waals surface area contributed by atoms with Crippen LogP contribution in [0.2, 0.25) is 0 Å². The average molecular weight is 405 g/mol. The van der Waals surface area contributed by atoms with Crippen LogP contribution in [0, 0.1) is 11.8 Å².